The molecule has 3 rings (SSSR count). The smallest absolute Gasteiger partial charge is 0.262 e. The average Bonchev–Trinajstić information content (AvgIpc) is 2.91. The minimum absolute atomic E-state index is 0.0462. The van der Waals surface area contributed by atoms with Crippen molar-refractivity contribution in [2.45, 2.75) is 33.4 Å². The molecule has 0 fully saturated rings. The van der Waals surface area contributed by atoms with E-state index in [-0.39, 0.29) is 17.9 Å². The van der Waals surface area contributed by atoms with Gasteiger partial charge >= 0.3 is 0 Å². The minimum Gasteiger partial charge on any atom is -0.341 e. The van der Waals surface area contributed by atoms with Crippen molar-refractivity contribution in [3.8, 4) is 0 Å². The van der Waals surface area contributed by atoms with E-state index < -0.39 is 0 Å². The van der Waals surface area contributed by atoms with Crippen molar-refractivity contribution >= 4 is 39.1 Å². The zero-order chi connectivity index (χ0) is 18.8. The summed E-state index contributed by atoms with van der Waals surface area (Å²) in [5.41, 5.74) is 1.78. The molecular formula is C19H20ClN3O2S. The monoisotopic (exact) mass is 389 g/mol. The summed E-state index contributed by atoms with van der Waals surface area (Å²) in [5.74, 6) is -0.0462. The van der Waals surface area contributed by atoms with Gasteiger partial charge in [-0.3, -0.25) is 14.2 Å². The van der Waals surface area contributed by atoms with Crippen LogP contribution < -0.4 is 5.56 Å². The van der Waals surface area contributed by atoms with Crippen molar-refractivity contribution in [1.82, 2.24) is 14.5 Å². The number of halogens is 1. The molecule has 5 nitrogen and oxygen atoms in total. The predicted molar refractivity (Wildman–Crippen MR) is 106 cm³/mol. The number of carbonyl (C=O) groups excluding carboxylic acids is 1. The molecule has 0 aliphatic carbocycles. The Hall–Kier alpha value is -2.18. The van der Waals surface area contributed by atoms with Crippen LogP contribution in [0.25, 0.3) is 10.2 Å². The molecule has 136 valence electrons. The van der Waals surface area contributed by atoms with Crippen LogP contribution in [-0.4, -0.2) is 27.4 Å². The maximum atomic E-state index is 12.7. The topological polar surface area (TPSA) is 55.2 Å². The van der Waals surface area contributed by atoms with Gasteiger partial charge in [0.05, 0.1) is 11.7 Å². The quantitative estimate of drug-likeness (QED) is 0.667. The molecule has 0 N–H and O–H groups in total. The molecule has 2 aromatic heterocycles. The van der Waals surface area contributed by atoms with E-state index in [4.69, 9.17) is 11.6 Å². The molecule has 3 aromatic rings. The highest BCUT2D eigenvalue weighted by atomic mass is 35.5. The van der Waals surface area contributed by atoms with Crippen molar-refractivity contribution in [2.75, 3.05) is 7.05 Å². The number of hydrogen-bond acceptors (Lipinski definition) is 4. The summed E-state index contributed by atoms with van der Waals surface area (Å²) < 4.78 is 1.52. The summed E-state index contributed by atoms with van der Waals surface area (Å²) in [4.78, 5) is 32.9. The third-order valence-electron chi connectivity index (χ3n) is 4.51. The lowest BCUT2D eigenvalue weighted by Gasteiger charge is -2.18. The number of rotatable bonds is 5. The third-order valence-corrected chi connectivity index (χ3v) is 6.00. The van der Waals surface area contributed by atoms with Crippen LogP contribution in [-0.2, 0) is 17.9 Å². The van der Waals surface area contributed by atoms with Crippen LogP contribution in [0.4, 0.5) is 0 Å². The molecule has 0 spiro atoms. The molecule has 1 amide bonds. The fourth-order valence-corrected chi connectivity index (χ4v) is 3.99. The summed E-state index contributed by atoms with van der Waals surface area (Å²) in [5, 5.41) is 1.30. The Bertz CT molecular complexity index is 1030. The molecule has 2 heterocycles. The van der Waals surface area contributed by atoms with Crippen LogP contribution >= 0.6 is 22.9 Å². The summed E-state index contributed by atoms with van der Waals surface area (Å²) >= 11 is 7.67. The van der Waals surface area contributed by atoms with Crippen LogP contribution in [0.15, 0.2) is 35.4 Å². The number of aryl methyl sites for hydroxylation is 3. The first-order valence-corrected chi connectivity index (χ1v) is 9.50. The number of thiophene rings is 1. The van der Waals surface area contributed by atoms with Crippen molar-refractivity contribution in [3.63, 3.8) is 0 Å². The highest BCUT2D eigenvalue weighted by Crippen LogP contribution is 2.25. The van der Waals surface area contributed by atoms with Crippen molar-refractivity contribution in [2.24, 2.45) is 0 Å². The molecule has 0 aliphatic heterocycles. The standard InChI is InChI=1S/C19H20ClN3O2S/c1-12-13(2)26-18-17(12)19(25)23(11-21-18)9-8-16(24)22(3)10-14-6-4-5-7-15(14)20/h4-7,11H,8-10H2,1-3H3. The molecule has 26 heavy (non-hydrogen) atoms. The molecule has 1 aromatic carbocycles. The van der Waals surface area contributed by atoms with E-state index >= 15 is 0 Å². The lowest BCUT2D eigenvalue weighted by atomic mass is 10.2. The number of fused-ring (bicyclic) bond motifs is 1. The van der Waals surface area contributed by atoms with Gasteiger partial charge < -0.3 is 4.90 Å². The lowest BCUT2D eigenvalue weighted by Crippen LogP contribution is -2.29. The summed E-state index contributed by atoms with van der Waals surface area (Å²) in [7, 11) is 1.74. The van der Waals surface area contributed by atoms with Crippen molar-refractivity contribution < 1.29 is 4.79 Å². The molecule has 0 radical (unpaired) electrons. The average molecular weight is 390 g/mol. The van der Waals surface area contributed by atoms with Gasteiger partial charge in [-0.05, 0) is 31.0 Å². The zero-order valence-corrected chi connectivity index (χ0v) is 16.5. The molecule has 0 bridgehead atoms. The Labute approximate surface area is 160 Å². The first-order valence-electron chi connectivity index (χ1n) is 8.31. The van der Waals surface area contributed by atoms with Crippen molar-refractivity contribution in [3.05, 3.63) is 62.0 Å². The largest absolute Gasteiger partial charge is 0.341 e. The van der Waals surface area contributed by atoms with Crippen LogP contribution in [0.2, 0.25) is 5.02 Å². The number of aromatic nitrogens is 2. The number of hydrogen-bond donors (Lipinski definition) is 0. The second-order valence-corrected chi connectivity index (χ2v) is 7.91. The fourth-order valence-electron chi connectivity index (χ4n) is 2.81. The highest BCUT2D eigenvalue weighted by Gasteiger charge is 2.14. The Balaban J connectivity index is 1.70. The van der Waals surface area contributed by atoms with E-state index in [0.717, 1.165) is 20.8 Å². The molecule has 0 saturated heterocycles. The van der Waals surface area contributed by atoms with E-state index in [0.29, 0.717) is 23.5 Å². The van der Waals surface area contributed by atoms with Gasteiger partial charge in [0.25, 0.3) is 5.56 Å². The fraction of sp³-hybridized carbons (Fsp3) is 0.316. The molecule has 0 aliphatic rings. The van der Waals surface area contributed by atoms with E-state index in [2.05, 4.69) is 4.98 Å². The number of nitrogens with zero attached hydrogens (tertiary/aromatic N) is 3. The predicted octanol–water partition coefficient (Wildman–Crippen LogP) is 3.78. The number of benzene rings is 1. The van der Waals surface area contributed by atoms with Gasteiger partial charge in [0, 0.05) is 36.5 Å². The van der Waals surface area contributed by atoms with Crippen molar-refractivity contribution in [1.29, 1.82) is 0 Å². The first kappa shape index (κ1) is 18.6. The Kier molecular flexibility index (Phi) is 5.44. The number of amides is 1. The van der Waals surface area contributed by atoms with Gasteiger partial charge in [-0.2, -0.15) is 0 Å². The highest BCUT2D eigenvalue weighted by molar-refractivity contribution is 7.18. The Morgan fingerprint density at radius 2 is 2.04 bits per heavy atom. The van der Waals surface area contributed by atoms with E-state index in [1.165, 1.54) is 22.2 Å². The van der Waals surface area contributed by atoms with E-state index in [9.17, 15) is 9.59 Å². The number of carbonyl (C=O) groups is 1. The van der Waals surface area contributed by atoms with E-state index in [1.807, 2.05) is 32.0 Å². The summed E-state index contributed by atoms with van der Waals surface area (Å²) in [6, 6.07) is 7.46. The van der Waals surface area contributed by atoms with Crippen LogP contribution in [0.1, 0.15) is 22.4 Å². The molecule has 7 heteroatoms. The van der Waals surface area contributed by atoms with Gasteiger partial charge in [-0.25, -0.2) is 4.98 Å². The van der Waals surface area contributed by atoms with Crippen LogP contribution in [0.5, 0.6) is 0 Å². The van der Waals surface area contributed by atoms with E-state index in [1.54, 1.807) is 18.0 Å². The maximum absolute atomic E-state index is 12.7. The molecular weight excluding hydrogens is 370 g/mol. The zero-order valence-electron chi connectivity index (χ0n) is 15.0. The SMILES string of the molecule is Cc1sc2ncn(CCC(=O)N(C)Cc3ccccc3Cl)c(=O)c2c1C. The Morgan fingerprint density at radius 1 is 1.31 bits per heavy atom. The van der Waals surface area contributed by atoms with Gasteiger partial charge in [-0.15, -0.1) is 11.3 Å². The van der Waals surface area contributed by atoms with Crippen LogP contribution in [0.3, 0.4) is 0 Å². The Morgan fingerprint density at radius 3 is 2.77 bits per heavy atom. The lowest BCUT2D eigenvalue weighted by molar-refractivity contribution is -0.130. The first-order chi connectivity index (χ1) is 12.4. The summed E-state index contributed by atoms with van der Waals surface area (Å²) in [6.07, 6.45) is 1.76. The van der Waals surface area contributed by atoms with Crippen LogP contribution in [0, 0.1) is 13.8 Å². The van der Waals surface area contributed by atoms with Gasteiger partial charge in [-0.1, -0.05) is 29.8 Å². The maximum Gasteiger partial charge on any atom is 0.262 e. The third kappa shape index (κ3) is 3.66. The second kappa shape index (κ2) is 7.60. The normalized spacial score (nSPS) is 11.1. The molecule has 0 saturated carbocycles. The second-order valence-electron chi connectivity index (χ2n) is 6.30. The van der Waals surface area contributed by atoms with Gasteiger partial charge in [0.1, 0.15) is 4.83 Å². The van der Waals surface area contributed by atoms with Gasteiger partial charge in [0.2, 0.25) is 5.91 Å². The molecule has 0 unspecified atom stereocenters. The van der Waals surface area contributed by atoms with Gasteiger partial charge in [0.15, 0.2) is 0 Å². The molecule has 0 atom stereocenters. The minimum atomic E-state index is -0.0848. The summed E-state index contributed by atoms with van der Waals surface area (Å²) in [6.45, 7) is 4.66.